The number of hydrogen-bond donors (Lipinski definition) is 0. The third kappa shape index (κ3) is 2.98. The highest BCUT2D eigenvalue weighted by Gasteiger charge is 2.38. The molecule has 6 heteroatoms. The molecular formula is C20H26N4O2. The van der Waals surface area contributed by atoms with Crippen molar-refractivity contribution in [2.45, 2.75) is 25.4 Å². The second-order valence-electron chi connectivity index (χ2n) is 7.17. The van der Waals surface area contributed by atoms with Gasteiger partial charge in [-0.3, -0.25) is 9.48 Å². The summed E-state index contributed by atoms with van der Waals surface area (Å²) >= 11 is 0. The number of carbonyl (C=O) groups excluding carboxylic acids is 1. The Balaban J connectivity index is 1.67. The first-order chi connectivity index (χ1) is 12.7. The van der Waals surface area contributed by atoms with Gasteiger partial charge in [-0.25, -0.2) is 0 Å². The van der Waals surface area contributed by atoms with E-state index in [1.165, 1.54) is 0 Å². The predicted octanol–water partition coefficient (Wildman–Crippen LogP) is 2.76. The maximum absolute atomic E-state index is 13.6. The molecule has 2 aliphatic rings. The number of carbonyl (C=O) groups is 1. The fraction of sp³-hybridized carbons (Fsp3) is 0.500. The van der Waals surface area contributed by atoms with Crippen molar-refractivity contribution in [3.05, 3.63) is 42.2 Å². The Hall–Kier alpha value is -2.34. The van der Waals surface area contributed by atoms with Crippen LogP contribution in [0.1, 0.15) is 31.1 Å². The van der Waals surface area contributed by atoms with Crippen molar-refractivity contribution in [2.24, 2.45) is 13.0 Å². The SMILES string of the molecule is CN1CCCN(C(=O)[C@@H]2CCCO[C@H]2c2ccnn2C)c2ccccc21. The van der Waals surface area contributed by atoms with Gasteiger partial charge < -0.3 is 14.5 Å². The monoisotopic (exact) mass is 354 g/mol. The molecule has 2 aromatic rings. The molecule has 0 radical (unpaired) electrons. The van der Waals surface area contributed by atoms with Crippen molar-refractivity contribution in [1.29, 1.82) is 0 Å². The van der Waals surface area contributed by atoms with Crippen LogP contribution in [0.2, 0.25) is 0 Å². The number of aromatic nitrogens is 2. The van der Waals surface area contributed by atoms with Gasteiger partial charge in [0.25, 0.3) is 0 Å². The minimum Gasteiger partial charge on any atom is -0.373 e. The Bertz CT molecular complexity index is 788. The van der Waals surface area contributed by atoms with Crippen molar-refractivity contribution in [1.82, 2.24) is 9.78 Å². The quantitative estimate of drug-likeness (QED) is 0.832. The Morgan fingerprint density at radius 1 is 1.12 bits per heavy atom. The van der Waals surface area contributed by atoms with Crippen molar-refractivity contribution in [3.63, 3.8) is 0 Å². The number of fused-ring (bicyclic) bond motifs is 1. The fourth-order valence-electron chi connectivity index (χ4n) is 4.14. The molecule has 0 N–H and O–H groups in total. The Morgan fingerprint density at radius 3 is 2.69 bits per heavy atom. The molecule has 2 atom stereocenters. The first kappa shape index (κ1) is 17.1. The average molecular weight is 354 g/mol. The lowest BCUT2D eigenvalue weighted by atomic mass is 9.90. The lowest BCUT2D eigenvalue weighted by Crippen LogP contribution is -2.41. The van der Waals surface area contributed by atoms with Crippen molar-refractivity contribution < 1.29 is 9.53 Å². The summed E-state index contributed by atoms with van der Waals surface area (Å²) in [6.07, 6.45) is 4.27. The third-order valence-electron chi connectivity index (χ3n) is 5.51. The molecular weight excluding hydrogens is 328 g/mol. The zero-order valence-electron chi connectivity index (χ0n) is 15.5. The maximum atomic E-state index is 13.6. The second kappa shape index (κ2) is 7.11. The van der Waals surface area contributed by atoms with Gasteiger partial charge in [0, 0.05) is 40.0 Å². The lowest BCUT2D eigenvalue weighted by molar-refractivity contribution is -0.132. The van der Waals surface area contributed by atoms with Crippen LogP contribution in [-0.2, 0) is 16.6 Å². The molecule has 1 amide bonds. The zero-order chi connectivity index (χ0) is 18.1. The van der Waals surface area contributed by atoms with Crippen LogP contribution in [0.25, 0.3) is 0 Å². The third-order valence-corrected chi connectivity index (χ3v) is 5.51. The fourth-order valence-corrected chi connectivity index (χ4v) is 4.14. The minimum absolute atomic E-state index is 0.165. The van der Waals surface area contributed by atoms with Gasteiger partial charge in [0.2, 0.25) is 5.91 Å². The topological polar surface area (TPSA) is 50.6 Å². The number of anilines is 2. The van der Waals surface area contributed by atoms with Gasteiger partial charge in [0.05, 0.1) is 23.0 Å². The van der Waals surface area contributed by atoms with Crippen LogP contribution < -0.4 is 9.80 Å². The number of amides is 1. The van der Waals surface area contributed by atoms with E-state index < -0.39 is 0 Å². The first-order valence-corrected chi connectivity index (χ1v) is 9.38. The number of para-hydroxylation sites is 2. The van der Waals surface area contributed by atoms with E-state index in [9.17, 15) is 4.79 Å². The molecule has 0 spiro atoms. The molecule has 1 fully saturated rings. The van der Waals surface area contributed by atoms with E-state index in [1.54, 1.807) is 6.20 Å². The molecule has 4 rings (SSSR count). The smallest absolute Gasteiger partial charge is 0.233 e. The molecule has 2 aliphatic heterocycles. The molecule has 1 saturated heterocycles. The van der Waals surface area contributed by atoms with Crippen LogP contribution in [0.15, 0.2) is 36.5 Å². The van der Waals surface area contributed by atoms with Gasteiger partial charge in [-0.05, 0) is 37.5 Å². The van der Waals surface area contributed by atoms with E-state index in [0.717, 1.165) is 49.4 Å². The predicted molar refractivity (Wildman–Crippen MR) is 101 cm³/mol. The molecule has 1 aromatic heterocycles. The minimum atomic E-state index is -0.225. The number of benzene rings is 1. The van der Waals surface area contributed by atoms with Crippen LogP contribution in [-0.4, -0.2) is 42.4 Å². The van der Waals surface area contributed by atoms with Crippen molar-refractivity contribution >= 4 is 17.3 Å². The van der Waals surface area contributed by atoms with E-state index in [-0.39, 0.29) is 17.9 Å². The Morgan fingerprint density at radius 2 is 1.92 bits per heavy atom. The first-order valence-electron chi connectivity index (χ1n) is 9.38. The summed E-state index contributed by atoms with van der Waals surface area (Å²) in [5, 5.41) is 4.26. The molecule has 6 nitrogen and oxygen atoms in total. The summed E-state index contributed by atoms with van der Waals surface area (Å²) in [5.74, 6) is -0.00531. The van der Waals surface area contributed by atoms with Crippen LogP contribution in [0.3, 0.4) is 0 Å². The van der Waals surface area contributed by atoms with E-state index >= 15 is 0 Å². The van der Waals surface area contributed by atoms with Crippen molar-refractivity contribution in [2.75, 3.05) is 36.5 Å². The van der Waals surface area contributed by atoms with Gasteiger partial charge in [-0.1, -0.05) is 12.1 Å². The van der Waals surface area contributed by atoms with Crippen LogP contribution in [0.5, 0.6) is 0 Å². The summed E-state index contributed by atoms with van der Waals surface area (Å²) in [4.78, 5) is 17.8. The summed E-state index contributed by atoms with van der Waals surface area (Å²) < 4.78 is 7.87. The van der Waals surface area contributed by atoms with Gasteiger partial charge >= 0.3 is 0 Å². The molecule has 0 saturated carbocycles. The summed E-state index contributed by atoms with van der Waals surface area (Å²) in [6, 6.07) is 10.1. The Labute approximate surface area is 154 Å². The molecule has 3 heterocycles. The Kier molecular flexibility index (Phi) is 4.68. The summed E-state index contributed by atoms with van der Waals surface area (Å²) in [6.45, 7) is 2.39. The lowest BCUT2D eigenvalue weighted by Gasteiger charge is -2.35. The molecule has 0 bridgehead atoms. The molecule has 138 valence electrons. The molecule has 1 aromatic carbocycles. The molecule has 0 aliphatic carbocycles. The van der Waals surface area contributed by atoms with E-state index in [0.29, 0.717) is 6.61 Å². The summed E-state index contributed by atoms with van der Waals surface area (Å²) in [5.41, 5.74) is 3.10. The van der Waals surface area contributed by atoms with E-state index in [4.69, 9.17) is 4.74 Å². The zero-order valence-corrected chi connectivity index (χ0v) is 15.5. The van der Waals surface area contributed by atoms with Crippen LogP contribution in [0, 0.1) is 5.92 Å². The average Bonchev–Trinajstić information content (AvgIpc) is 3.02. The molecule has 26 heavy (non-hydrogen) atoms. The van der Waals surface area contributed by atoms with Gasteiger partial charge in [-0.2, -0.15) is 5.10 Å². The van der Waals surface area contributed by atoms with E-state index in [2.05, 4.69) is 29.2 Å². The summed E-state index contributed by atoms with van der Waals surface area (Å²) in [7, 11) is 4.00. The largest absolute Gasteiger partial charge is 0.373 e. The number of hydrogen-bond acceptors (Lipinski definition) is 4. The van der Waals surface area contributed by atoms with Crippen molar-refractivity contribution in [3.8, 4) is 0 Å². The standard InChI is InChI=1S/C20H26N4O2/c1-22-12-6-13-24(17-9-4-3-8-16(17)22)20(25)15-7-5-14-26-19(15)18-10-11-21-23(18)2/h3-4,8-11,15,19H,5-7,12-14H2,1-2H3/t15-,19-/m1/s1. The number of rotatable bonds is 2. The van der Waals surface area contributed by atoms with Gasteiger partial charge in [-0.15, -0.1) is 0 Å². The van der Waals surface area contributed by atoms with E-state index in [1.807, 2.05) is 34.8 Å². The molecule has 0 unspecified atom stereocenters. The second-order valence-corrected chi connectivity index (χ2v) is 7.17. The van der Waals surface area contributed by atoms with Crippen LogP contribution >= 0.6 is 0 Å². The number of ether oxygens (including phenoxy) is 1. The number of aryl methyl sites for hydroxylation is 1. The van der Waals surface area contributed by atoms with Gasteiger partial charge in [0.1, 0.15) is 6.10 Å². The number of nitrogens with zero attached hydrogens (tertiary/aromatic N) is 4. The maximum Gasteiger partial charge on any atom is 0.233 e. The highest BCUT2D eigenvalue weighted by atomic mass is 16.5. The normalized spacial score (nSPS) is 23.5. The highest BCUT2D eigenvalue weighted by molar-refractivity contribution is 5.98. The van der Waals surface area contributed by atoms with Gasteiger partial charge in [0.15, 0.2) is 0 Å². The highest BCUT2D eigenvalue weighted by Crippen LogP contribution is 2.38. The van der Waals surface area contributed by atoms with Crippen LogP contribution in [0.4, 0.5) is 11.4 Å².